The van der Waals surface area contributed by atoms with Crippen LogP contribution in [0.1, 0.15) is 24.5 Å². The van der Waals surface area contributed by atoms with Crippen molar-refractivity contribution in [1.29, 1.82) is 0 Å². The summed E-state index contributed by atoms with van der Waals surface area (Å²) in [6, 6.07) is 9.13. The van der Waals surface area contributed by atoms with Crippen molar-refractivity contribution in [2.24, 2.45) is 4.99 Å². The number of hydrogen-bond donors (Lipinski definition) is 3. The van der Waals surface area contributed by atoms with Gasteiger partial charge in [-0.1, -0.05) is 37.3 Å². The van der Waals surface area contributed by atoms with Crippen molar-refractivity contribution in [1.82, 2.24) is 9.55 Å². The number of H-pyrrole nitrogens is 1. The third kappa shape index (κ3) is 3.75. The highest BCUT2D eigenvalue weighted by Crippen LogP contribution is 2.15. The molecule has 0 saturated carbocycles. The summed E-state index contributed by atoms with van der Waals surface area (Å²) in [5.41, 5.74) is -0.239. The van der Waals surface area contributed by atoms with E-state index in [2.05, 4.69) is 9.98 Å². The quantitative estimate of drug-likeness (QED) is 0.674. The molecule has 122 valence electrons. The van der Waals surface area contributed by atoms with Crippen molar-refractivity contribution in [3.8, 4) is 5.88 Å². The molecule has 0 bridgehead atoms. The van der Waals surface area contributed by atoms with Crippen molar-refractivity contribution in [2.75, 3.05) is 13.2 Å². The van der Waals surface area contributed by atoms with Crippen molar-refractivity contribution >= 4 is 5.71 Å². The van der Waals surface area contributed by atoms with E-state index in [-0.39, 0.29) is 25.3 Å². The molecule has 2 rings (SSSR count). The Balaban J connectivity index is 2.55. The molecule has 0 fully saturated rings. The smallest absolute Gasteiger partial charge is 0.331 e. The van der Waals surface area contributed by atoms with E-state index in [1.165, 1.54) is 0 Å². The van der Waals surface area contributed by atoms with Crippen LogP contribution in [0.25, 0.3) is 0 Å². The fourth-order valence-corrected chi connectivity index (χ4v) is 2.29. The van der Waals surface area contributed by atoms with Gasteiger partial charge in [-0.25, -0.2) is 4.79 Å². The average molecular weight is 317 g/mol. The number of aromatic hydroxyl groups is 1. The molecule has 0 spiro atoms. The summed E-state index contributed by atoms with van der Waals surface area (Å²) < 4.78 is 1.09. The molecular formula is C16H19N3O4. The van der Waals surface area contributed by atoms with Crippen LogP contribution in [0.3, 0.4) is 0 Å². The number of aromatic nitrogens is 2. The van der Waals surface area contributed by atoms with E-state index in [0.29, 0.717) is 12.1 Å². The zero-order valence-corrected chi connectivity index (χ0v) is 12.8. The number of aromatic amines is 1. The fourth-order valence-electron chi connectivity index (χ4n) is 2.29. The lowest BCUT2D eigenvalue weighted by atomic mass is 10.1. The molecule has 0 saturated heterocycles. The minimum atomic E-state index is -0.685. The maximum atomic E-state index is 12.1. The number of benzene rings is 1. The summed E-state index contributed by atoms with van der Waals surface area (Å²) >= 11 is 0. The van der Waals surface area contributed by atoms with Crippen LogP contribution >= 0.6 is 0 Å². The van der Waals surface area contributed by atoms with Gasteiger partial charge in [-0.15, -0.1) is 0 Å². The number of hydrogen-bond acceptors (Lipinski definition) is 5. The Morgan fingerprint density at radius 3 is 2.57 bits per heavy atom. The van der Waals surface area contributed by atoms with Gasteiger partial charge in [0.05, 0.1) is 25.4 Å². The third-order valence-electron chi connectivity index (χ3n) is 3.38. The molecule has 1 heterocycles. The van der Waals surface area contributed by atoms with E-state index in [1.807, 2.05) is 30.3 Å². The lowest BCUT2D eigenvalue weighted by Gasteiger charge is -2.12. The number of aliphatic hydroxyl groups excluding tert-OH is 1. The first kappa shape index (κ1) is 16.7. The highest BCUT2D eigenvalue weighted by Gasteiger charge is 2.18. The molecule has 3 N–H and O–H groups in total. The second-order valence-corrected chi connectivity index (χ2v) is 4.94. The SMILES string of the molecule is CCC(=NCCO)c1c(O)n(Cc2ccccc2)c(=O)[nH]c1=O. The largest absolute Gasteiger partial charge is 0.494 e. The number of nitrogens with zero attached hydrogens (tertiary/aromatic N) is 2. The van der Waals surface area contributed by atoms with Crippen molar-refractivity contribution < 1.29 is 10.2 Å². The van der Waals surface area contributed by atoms with Gasteiger partial charge in [0.1, 0.15) is 5.56 Å². The lowest BCUT2D eigenvalue weighted by molar-refractivity contribution is 0.307. The minimum Gasteiger partial charge on any atom is -0.494 e. The third-order valence-corrected chi connectivity index (χ3v) is 3.38. The Bertz CT molecular complexity index is 806. The lowest BCUT2D eigenvalue weighted by Crippen LogP contribution is -2.34. The van der Waals surface area contributed by atoms with Gasteiger partial charge < -0.3 is 10.2 Å². The molecular weight excluding hydrogens is 298 g/mol. The highest BCUT2D eigenvalue weighted by molar-refractivity contribution is 6.01. The summed E-state index contributed by atoms with van der Waals surface area (Å²) in [7, 11) is 0. The van der Waals surface area contributed by atoms with Crippen LogP contribution in [0, 0.1) is 0 Å². The minimum absolute atomic E-state index is 0.0310. The van der Waals surface area contributed by atoms with Gasteiger partial charge >= 0.3 is 5.69 Å². The standard InChI is InChI=1S/C16H19N3O4/c1-2-12(17-8-9-20)13-14(21)18-16(23)19(15(13)22)10-11-6-4-3-5-7-11/h3-7,20,22H,2,8-10H2,1H3,(H,18,21,23). The molecule has 0 aliphatic heterocycles. The fraction of sp³-hybridized carbons (Fsp3) is 0.312. The Kier molecular flexibility index (Phi) is 5.48. The first-order valence-corrected chi connectivity index (χ1v) is 7.33. The van der Waals surface area contributed by atoms with Crippen LogP contribution in [-0.4, -0.2) is 38.6 Å². The monoisotopic (exact) mass is 317 g/mol. The number of nitrogens with one attached hydrogen (secondary N) is 1. The summed E-state index contributed by atoms with van der Waals surface area (Å²) in [5, 5.41) is 19.3. The van der Waals surface area contributed by atoms with Gasteiger partial charge in [-0.3, -0.25) is 19.3 Å². The van der Waals surface area contributed by atoms with Crippen molar-refractivity contribution in [3.05, 3.63) is 62.3 Å². The van der Waals surface area contributed by atoms with Gasteiger partial charge in [0.2, 0.25) is 5.88 Å². The molecule has 0 aliphatic carbocycles. The van der Waals surface area contributed by atoms with Gasteiger partial charge in [0.15, 0.2) is 0 Å². The Morgan fingerprint density at radius 2 is 1.96 bits per heavy atom. The zero-order chi connectivity index (χ0) is 16.8. The van der Waals surface area contributed by atoms with E-state index < -0.39 is 17.1 Å². The van der Waals surface area contributed by atoms with E-state index in [9.17, 15) is 14.7 Å². The molecule has 0 unspecified atom stereocenters. The van der Waals surface area contributed by atoms with Crippen LogP contribution in [0.4, 0.5) is 0 Å². The van der Waals surface area contributed by atoms with Crippen LogP contribution in [-0.2, 0) is 6.54 Å². The topological polar surface area (TPSA) is 108 Å². The van der Waals surface area contributed by atoms with Crippen LogP contribution in [0.5, 0.6) is 5.88 Å². The zero-order valence-electron chi connectivity index (χ0n) is 12.8. The maximum Gasteiger partial charge on any atom is 0.331 e. The van der Waals surface area contributed by atoms with Gasteiger partial charge in [0.25, 0.3) is 5.56 Å². The van der Waals surface area contributed by atoms with Gasteiger partial charge in [-0.05, 0) is 12.0 Å². The maximum absolute atomic E-state index is 12.1. The van der Waals surface area contributed by atoms with Gasteiger partial charge in [0, 0.05) is 0 Å². The highest BCUT2D eigenvalue weighted by atomic mass is 16.3. The summed E-state index contributed by atoms with van der Waals surface area (Å²) in [5.74, 6) is -0.416. The molecule has 0 amide bonds. The second kappa shape index (κ2) is 7.55. The van der Waals surface area contributed by atoms with E-state index in [0.717, 1.165) is 10.1 Å². The molecule has 0 aliphatic rings. The normalized spacial score (nSPS) is 11.7. The number of aliphatic hydroxyl groups is 1. The Hall–Kier alpha value is -2.67. The summed E-state index contributed by atoms with van der Waals surface area (Å²) in [6.45, 7) is 1.87. The molecule has 1 aromatic heterocycles. The van der Waals surface area contributed by atoms with E-state index >= 15 is 0 Å². The molecule has 7 heteroatoms. The molecule has 7 nitrogen and oxygen atoms in total. The number of aliphatic imine (C=N–C) groups is 1. The predicted molar refractivity (Wildman–Crippen MR) is 87.3 cm³/mol. The molecule has 2 aromatic rings. The Labute approximate surface area is 132 Å². The number of rotatable bonds is 6. The molecule has 1 aromatic carbocycles. The van der Waals surface area contributed by atoms with Crippen LogP contribution in [0.15, 0.2) is 44.9 Å². The average Bonchev–Trinajstić information content (AvgIpc) is 2.55. The first-order chi connectivity index (χ1) is 11.1. The molecule has 23 heavy (non-hydrogen) atoms. The summed E-state index contributed by atoms with van der Waals surface area (Å²) in [4.78, 5) is 30.4. The molecule has 0 atom stereocenters. The second-order valence-electron chi connectivity index (χ2n) is 4.94. The van der Waals surface area contributed by atoms with Crippen LogP contribution in [0.2, 0.25) is 0 Å². The van der Waals surface area contributed by atoms with Gasteiger partial charge in [-0.2, -0.15) is 0 Å². The Morgan fingerprint density at radius 1 is 1.26 bits per heavy atom. The molecule has 0 radical (unpaired) electrons. The summed E-state index contributed by atoms with van der Waals surface area (Å²) in [6.07, 6.45) is 0.389. The first-order valence-electron chi connectivity index (χ1n) is 7.33. The van der Waals surface area contributed by atoms with Crippen LogP contribution < -0.4 is 11.2 Å². The predicted octanol–water partition coefficient (Wildman–Crippen LogP) is 0.482. The van der Waals surface area contributed by atoms with Crippen molar-refractivity contribution in [2.45, 2.75) is 19.9 Å². The van der Waals surface area contributed by atoms with E-state index in [1.54, 1.807) is 6.92 Å². The van der Waals surface area contributed by atoms with E-state index in [4.69, 9.17) is 5.11 Å². The van der Waals surface area contributed by atoms with Crippen molar-refractivity contribution in [3.63, 3.8) is 0 Å².